The summed E-state index contributed by atoms with van der Waals surface area (Å²) in [4.78, 5) is 15.3. The van der Waals surface area contributed by atoms with Crippen LogP contribution < -0.4 is 4.74 Å². The van der Waals surface area contributed by atoms with E-state index in [9.17, 15) is 9.90 Å². The fourth-order valence-corrected chi connectivity index (χ4v) is 5.17. The average Bonchev–Trinajstić information content (AvgIpc) is 3.20. The Hall–Kier alpha value is -2.81. The van der Waals surface area contributed by atoms with Gasteiger partial charge in [-0.2, -0.15) is 5.10 Å². The van der Waals surface area contributed by atoms with Crippen molar-refractivity contribution >= 4 is 17.7 Å². The smallest absolute Gasteiger partial charge is 0.356 e. The third-order valence-corrected chi connectivity index (χ3v) is 6.77. The van der Waals surface area contributed by atoms with Gasteiger partial charge in [0.2, 0.25) is 0 Å². The van der Waals surface area contributed by atoms with Gasteiger partial charge < -0.3 is 14.6 Å². The van der Waals surface area contributed by atoms with Gasteiger partial charge in [0.25, 0.3) is 0 Å². The molecular weight excluding hydrogens is 414 g/mol. The molecule has 0 spiro atoms. The van der Waals surface area contributed by atoms with Crippen molar-refractivity contribution in [1.82, 2.24) is 14.7 Å². The van der Waals surface area contributed by atoms with Crippen molar-refractivity contribution in [2.45, 2.75) is 17.2 Å². The lowest BCUT2D eigenvalue weighted by Gasteiger charge is -2.26. The van der Waals surface area contributed by atoms with Crippen LogP contribution in [-0.2, 0) is 17.0 Å². The Morgan fingerprint density at radius 1 is 1.19 bits per heavy atom. The third-order valence-electron chi connectivity index (χ3n) is 5.69. The van der Waals surface area contributed by atoms with E-state index in [4.69, 9.17) is 9.47 Å². The van der Waals surface area contributed by atoms with E-state index in [-0.39, 0.29) is 5.69 Å². The van der Waals surface area contributed by atoms with Gasteiger partial charge in [0, 0.05) is 41.4 Å². The highest BCUT2D eigenvalue weighted by Crippen LogP contribution is 2.45. The topological polar surface area (TPSA) is 76.8 Å². The fraction of sp³-hybridized carbons (Fsp3) is 0.304. The van der Waals surface area contributed by atoms with E-state index >= 15 is 0 Å². The number of ether oxygens (including phenoxy) is 2. The molecule has 2 aliphatic rings. The number of aromatic carboxylic acids is 1. The number of fused-ring (bicyclic) bond motifs is 3. The number of hydrogen-bond acceptors (Lipinski definition) is 6. The summed E-state index contributed by atoms with van der Waals surface area (Å²) in [6.45, 7) is 4.30. The first-order chi connectivity index (χ1) is 15.1. The van der Waals surface area contributed by atoms with E-state index in [0.29, 0.717) is 5.75 Å². The number of methoxy groups -OCH3 is 1. The van der Waals surface area contributed by atoms with E-state index in [0.717, 1.165) is 66.0 Å². The molecule has 0 saturated carbocycles. The molecule has 3 heterocycles. The van der Waals surface area contributed by atoms with E-state index in [1.165, 1.54) is 5.56 Å². The molecule has 1 aromatic heterocycles. The molecular formula is C23H23N3O4S. The number of benzene rings is 2. The summed E-state index contributed by atoms with van der Waals surface area (Å²) in [6, 6.07) is 14.1. The maximum atomic E-state index is 11.9. The Bertz CT molecular complexity index is 1120. The zero-order valence-electron chi connectivity index (χ0n) is 17.2. The minimum atomic E-state index is -1.00. The normalized spacial score (nSPS) is 15.9. The summed E-state index contributed by atoms with van der Waals surface area (Å²) < 4.78 is 12.5. The number of hydrogen-bond donors (Lipinski definition) is 1. The maximum absolute atomic E-state index is 11.9. The van der Waals surface area contributed by atoms with Crippen LogP contribution in [0.1, 0.15) is 21.6 Å². The molecule has 31 heavy (non-hydrogen) atoms. The lowest BCUT2D eigenvalue weighted by Crippen LogP contribution is -2.35. The van der Waals surface area contributed by atoms with Crippen molar-refractivity contribution in [1.29, 1.82) is 0 Å². The number of thioether (sulfide) groups is 1. The Kier molecular flexibility index (Phi) is 5.43. The van der Waals surface area contributed by atoms with E-state index in [1.807, 2.05) is 30.3 Å². The van der Waals surface area contributed by atoms with Gasteiger partial charge in [0.15, 0.2) is 5.69 Å². The summed E-state index contributed by atoms with van der Waals surface area (Å²) in [6.07, 6.45) is 0. The minimum absolute atomic E-state index is 0.112. The first-order valence-electron chi connectivity index (χ1n) is 10.2. The van der Waals surface area contributed by atoms with Gasteiger partial charge in [-0.3, -0.25) is 4.90 Å². The van der Waals surface area contributed by atoms with Gasteiger partial charge in [-0.05, 0) is 35.9 Å². The van der Waals surface area contributed by atoms with Crippen molar-refractivity contribution in [2.24, 2.45) is 0 Å². The maximum Gasteiger partial charge on any atom is 0.356 e. The lowest BCUT2D eigenvalue weighted by atomic mass is 10.0. The molecule has 160 valence electrons. The first-order valence-corrected chi connectivity index (χ1v) is 11.2. The fourth-order valence-electron chi connectivity index (χ4n) is 4.08. The molecule has 0 amide bonds. The molecule has 1 N–H and O–H groups in total. The number of morpholine rings is 1. The predicted octanol–water partition coefficient (Wildman–Crippen LogP) is 3.68. The molecule has 0 unspecified atom stereocenters. The number of nitrogens with zero attached hydrogens (tertiary/aromatic N) is 3. The zero-order chi connectivity index (χ0) is 21.4. The van der Waals surface area contributed by atoms with Gasteiger partial charge in [0.1, 0.15) is 5.75 Å². The molecule has 2 aliphatic heterocycles. The van der Waals surface area contributed by atoms with Crippen LogP contribution in [0.15, 0.2) is 47.4 Å². The van der Waals surface area contributed by atoms with Crippen LogP contribution in [0.4, 0.5) is 0 Å². The van der Waals surface area contributed by atoms with Crippen LogP contribution in [-0.4, -0.2) is 59.2 Å². The first kappa shape index (κ1) is 20.1. The summed E-state index contributed by atoms with van der Waals surface area (Å²) in [7, 11) is 1.64. The second-order valence-electron chi connectivity index (χ2n) is 7.60. The second kappa shape index (κ2) is 8.37. The Morgan fingerprint density at radius 2 is 1.97 bits per heavy atom. The molecule has 5 rings (SSSR count). The summed E-state index contributed by atoms with van der Waals surface area (Å²) in [5.74, 6) is 0.342. The van der Waals surface area contributed by atoms with E-state index in [2.05, 4.69) is 22.1 Å². The van der Waals surface area contributed by atoms with E-state index in [1.54, 1.807) is 23.6 Å². The Balaban J connectivity index is 1.53. The monoisotopic (exact) mass is 437 g/mol. The Labute approximate surface area is 184 Å². The molecule has 0 atom stereocenters. The predicted molar refractivity (Wildman–Crippen MR) is 118 cm³/mol. The van der Waals surface area contributed by atoms with Gasteiger partial charge in [0.05, 0.1) is 31.7 Å². The number of aromatic nitrogens is 2. The lowest BCUT2D eigenvalue weighted by molar-refractivity contribution is 0.0342. The molecule has 0 aliphatic carbocycles. The van der Waals surface area contributed by atoms with Crippen molar-refractivity contribution in [3.05, 3.63) is 59.3 Å². The van der Waals surface area contributed by atoms with Crippen LogP contribution in [0, 0.1) is 0 Å². The molecule has 0 radical (unpaired) electrons. The van der Waals surface area contributed by atoms with Crippen LogP contribution in [0.2, 0.25) is 0 Å². The highest BCUT2D eigenvalue weighted by Gasteiger charge is 2.29. The Morgan fingerprint density at radius 3 is 2.68 bits per heavy atom. The quantitative estimate of drug-likeness (QED) is 0.652. The van der Waals surface area contributed by atoms with Crippen molar-refractivity contribution in [3.8, 4) is 22.7 Å². The molecule has 0 bridgehead atoms. The molecule has 2 aromatic carbocycles. The molecule has 1 fully saturated rings. The minimum Gasteiger partial charge on any atom is -0.497 e. The van der Waals surface area contributed by atoms with Crippen LogP contribution in [0.3, 0.4) is 0 Å². The van der Waals surface area contributed by atoms with E-state index < -0.39 is 5.97 Å². The van der Waals surface area contributed by atoms with Crippen molar-refractivity contribution in [2.75, 3.05) is 33.4 Å². The summed E-state index contributed by atoms with van der Waals surface area (Å²) in [5, 5.41) is 14.2. The second-order valence-corrected chi connectivity index (χ2v) is 8.62. The average molecular weight is 438 g/mol. The van der Waals surface area contributed by atoms with Gasteiger partial charge in [-0.25, -0.2) is 9.48 Å². The van der Waals surface area contributed by atoms with Gasteiger partial charge in [-0.15, -0.1) is 11.8 Å². The zero-order valence-corrected chi connectivity index (χ0v) is 18.0. The summed E-state index contributed by atoms with van der Waals surface area (Å²) >= 11 is 1.61. The SMILES string of the molecule is COc1ccc2c(c1)SCc1c(C(=O)O)nn(-c3ccc(CN4CCOCC4)cc3)c1-2. The number of rotatable bonds is 5. The largest absolute Gasteiger partial charge is 0.497 e. The van der Waals surface area contributed by atoms with Gasteiger partial charge in [-0.1, -0.05) is 12.1 Å². The number of carbonyl (C=O) groups is 1. The third kappa shape index (κ3) is 3.82. The van der Waals surface area contributed by atoms with Crippen molar-refractivity contribution in [3.63, 3.8) is 0 Å². The summed E-state index contributed by atoms with van der Waals surface area (Å²) in [5.41, 5.74) is 4.75. The number of carboxylic acids is 1. The molecule has 7 nitrogen and oxygen atoms in total. The standard InChI is InChI=1S/C23H23N3O4S/c1-29-17-6-7-18-20(12-17)31-14-19-21(23(27)28)24-26(22(18)19)16-4-2-15(3-5-16)13-25-8-10-30-11-9-25/h2-7,12H,8-11,13-14H2,1H3,(H,27,28). The highest BCUT2D eigenvalue weighted by molar-refractivity contribution is 7.98. The molecule has 3 aromatic rings. The number of carboxylic acid groups (broad SMARTS) is 1. The van der Waals surface area contributed by atoms with Crippen LogP contribution >= 0.6 is 11.8 Å². The van der Waals surface area contributed by atoms with Crippen molar-refractivity contribution < 1.29 is 19.4 Å². The van der Waals surface area contributed by atoms with Crippen LogP contribution in [0.5, 0.6) is 5.75 Å². The van der Waals surface area contributed by atoms with Gasteiger partial charge >= 0.3 is 5.97 Å². The molecule has 8 heteroatoms. The molecule has 1 saturated heterocycles. The highest BCUT2D eigenvalue weighted by atomic mass is 32.2. The van der Waals surface area contributed by atoms with Crippen LogP contribution in [0.25, 0.3) is 16.9 Å².